The highest BCUT2D eigenvalue weighted by atomic mass is 16.3. The molecule has 2 rings (SSSR count). The first kappa shape index (κ1) is 9.78. The van der Waals surface area contributed by atoms with Gasteiger partial charge >= 0.3 is 0 Å². The maximum Gasteiger partial charge on any atom is 0.0966 e. The van der Waals surface area contributed by atoms with Crippen molar-refractivity contribution in [1.29, 1.82) is 0 Å². The fourth-order valence-electron chi connectivity index (χ4n) is 1.78. The predicted molar refractivity (Wildman–Crippen MR) is 62.7 cm³/mol. The molecular formula is C14H14O. The molecule has 1 N–H and O–H groups in total. The van der Waals surface area contributed by atoms with Crippen LogP contribution in [0.2, 0.25) is 0 Å². The van der Waals surface area contributed by atoms with E-state index < -0.39 is 0 Å². The molecule has 0 radical (unpaired) electrons. The third-order valence-corrected chi connectivity index (χ3v) is 2.53. The van der Waals surface area contributed by atoms with E-state index in [1.807, 2.05) is 30.4 Å². The van der Waals surface area contributed by atoms with Crippen molar-refractivity contribution in [1.82, 2.24) is 0 Å². The van der Waals surface area contributed by atoms with Gasteiger partial charge in [0.15, 0.2) is 0 Å². The minimum Gasteiger partial charge on any atom is -0.512 e. The van der Waals surface area contributed by atoms with E-state index in [2.05, 4.69) is 18.2 Å². The number of aliphatic hydroxyl groups excluding tert-OH is 1. The molecule has 0 amide bonds. The SMILES string of the molecule is CC(O)=C1C=CC=C1Cc1ccccc1. The average Bonchev–Trinajstić information content (AvgIpc) is 2.67. The van der Waals surface area contributed by atoms with Crippen LogP contribution in [0.4, 0.5) is 0 Å². The van der Waals surface area contributed by atoms with E-state index in [-0.39, 0.29) is 0 Å². The molecule has 0 fully saturated rings. The van der Waals surface area contributed by atoms with Gasteiger partial charge in [-0.2, -0.15) is 0 Å². The van der Waals surface area contributed by atoms with Gasteiger partial charge in [0.2, 0.25) is 0 Å². The lowest BCUT2D eigenvalue weighted by molar-refractivity contribution is 0.410. The van der Waals surface area contributed by atoms with Gasteiger partial charge in [-0.15, -0.1) is 0 Å². The van der Waals surface area contributed by atoms with Gasteiger partial charge in [-0.25, -0.2) is 0 Å². The molecule has 0 bridgehead atoms. The Hall–Kier alpha value is -1.76. The van der Waals surface area contributed by atoms with Crippen molar-refractivity contribution in [2.24, 2.45) is 0 Å². The van der Waals surface area contributed by atoms with Crippen molar-refractivity contribution >= 4 is 0 Å². The Morgan fingerprint density at radius 3 is 2.60 bits per heavy atom. The summed E-state index contributed by atoms with van der Waals surface area (Å²) in [4.78, 5) is 0. The molecule has 0 spiro atoms. The molecule has 1 heteroatoms. The maximum absolute atomic E-state index is 9.49. The summed E-state index contributed by atoms with van der Waals surface area (Å²) in [5, 5.41) is 9.49. The summed E-state index contributed by atoms with van der Waals surface area (Å²) < 4.78 is 0. The van der Waals surface area contributed by atoms with Crippen LogP contribution in [0.1, 0.15) is 12.5 Å². The second kappa shape index (κ2) is 4.18. The van der Waals surface area contributed by atoms with E-state index in [1.165, 1.54) is 11.1 Å². The summed E-state index contributed by atoms with van der Waals surface area (Å²) in [6, 6.07) is 10.3. The lowest BCUT2D eigenvalue weighted by Crippen LogP contribution is -1.93. The number of benzene rings is 1. The predicted octanol–water partition coefficient (Wildman–Crippen LogP) is 3.56. The largest absolute Gasteiger partial charge is 0.512 e. The Balaban J connectivity index is 2.19. The number of allylic oxidation sites excluding steroid dienone is 6. The fraction of sp³-hybridized carbons (Fsp3) is 0.143. The Kier molecular flexibility index (Phi) is 2.72. The lowest BCUT2D eigenvalue weighted by Gasteiger charge is -2.06. The van der Waals surface area contributed by atoms with Crippen LogP contribution in [0.5, 0.6) is 0 Å². The molecule has 0 atom stereocenters. The van der Waals surface area contributed by atoms with Crippen molar-refractivity contribution in [2.75, 3.05) is 0 Å². The Morgan fingerprint density at radius 1 is 1.20 bits per heavy atom. The summed E-state index contributed by atoms with van der Waals surface area (Å²) >= 11 is 0. The molecular weight excluding hydrogens is 184 g/mol. The highest BCUT2D eigenvalue weighted by Gasteiger charge is 2.09. The quantitative estimate of drug-likeness (QED) is 0.720. The van der Waals surface area contributed by atoms with E-state index in [0.29, 0.717) is 5.76 Å². The van der Waals surface area contributed by atoms with Crippen LogP contribution in [0.3, 0.4) is 0 Å². The fourth-order valence-corrected chi connectivity index (χ4v) is 1.78. The summed E-state index contributed by atoms with van der Waals surface area (Å²) in [7, 11) is 0. The molecule has 15 heavy (non-hydrogen) atoms. The third kappa shape index (κ3) is 2.18. The first-order valence-corrected chi connectivity index (χ1v) is 5.09. The minimum atomic E-state index is 0.394. The van der Waals surface area contributed by atoms with E-state index in [1.54, 1.807) is 6.92 Å². The maximum atomic E-state index is 9.49. The molecule has 1 nitrogen and oxygen atoms in total. The van der Waals surface area contributed by atoms with Gasteiger partial charge in [-0.05, 0) is 24.5 Å². The van der Waals surface area contributed by atoms with Gasteiger partial charge < -0.3 is 5.11 Å². The van der Waals surface area contributed by atoms with Gasteiger partial charge in [0.25, 0.3) is 0 Å². The number of rotatable bonds is 2. The minimum absolute atomic E-state index is 0.394. The zero-order valence-electron chi connectivity index (χ0n) is 8.77. The van der Waals surface area contributed by atoms with Gasteiger partial charge in [-0.3, -0.25) is 0 Å². The number of hydrogen-bond acceptors (Lipinski definition) is 1. The standard InChI is InChI=1S/C14H14O/c1-11(15)14-9-5-8-13(14)10-12-6-3-2-4-7-12/h2-9,15H,10H2,1H3. The van der Waals surface area contributed by atoms with Crippen LogP contribution < -0.4 is 0 Å². The highest BCUT2D eigenvalue weighted by molar-refractivity contribution is 5.51. The van der Waals surface area contributed by atoms with E-state index in [4.69, 9.17) is 0 Å². The van der Waals surface area contributed by atoms with Crippen molar-refractivity contribution in [3.05, 3.63) is 71.0 Å². The molecule has 1 aliphatic rings. The second-order valence-electron chi connectivity index (χ2n) is 3.71. The number of hydrogen-bond donors (Lipinski definition) is 1. The molecule has 1 aliphatic carbocycles. The normalized spacial score (nSPS) is 17.8. The van der Waals surface area contributed by atoms with Crippen LogP contribution in [0.25, 0.3) is 0 Å². The van der Waals surface area contributed by atoms with Crippen LogP contribution >= 0.6 is 0 Å². The number of aliphatic hydroxyl groups is 1. The van der Waals surface area contributed by atoms with Gasteiger partial charge in [-0.1, -0.05) is 48.6 Å². The lowest BCUT2D eigenvalue weighted by atomic mass is 10.0. The second-order valence-corrected chi connectivity index (χ2v) is 3.71. The first-order chi connectivity index (χ1) is 7.27. The van der Waals surface area contributed by atoms with Crippen molar-refractivity contribution in [2.45, 2.75) is 13.3 Å². The molecule has 0 heterocycles. The van der Waals surface area contributed by atoms with E-state index in [9.17, 15) is 5.11 Å². The van der Waals surface area contributed by atoms with Crippen LogP contribution in [0.15, 0.2) is 65.5 Å². The summed E-state index contributed by atoms with van der Waals surface area (Å²) in [5.41, 5.74) is 3.41. The zero-order chi connectivity index (χ0) is 10.7. The molecule has 0 saturated carbocycles. The first-order valence-electron chi connectivity index (χ1n) is 5.09. The van der Waals surface area contributed by atoms with Gasteiger partial charge in [0.1, 0.15) is 0 Å². The summed E-state index contributed by atoms with van der Waals surface area (Å²) in [6.45, 7) is 1.73. The van der Waals surface area contributed by atoms with Gasteiger partial charge in [0, 0.05) is 5.57 Å². The van der Waals surface area contributed by atoms with Crippen LogP contribution in [-0.4, -0.2) is 5.11 Å². The topological polar surface area (TPSA) is 20.2 Å². The molecule has 0 unspecified atom stereocenters. The Labute approximate surface area is 90.1 Å². The highest BCUT2D eigenvalue weighted by Crippen LogP contribution is 2.24. The van der Waals surface area contributed by atoms with E-state index in [0.717, 1.165) is 12.0 Å². The summed E-state index contributed by atoms with van der Waals surface area (Å²) in [5.74, 6) is 0.394. The van der Waals surface area contributed by atoms with Crippen LogP contribution in [-0.2, 0) is 6.42 Å². The molecule has 1 aromatic rings. The monoisotopic (exact) mass is 198 g/mol. The summed E-state index contributed by atoms with van der Waals surface area (Å²) in [6.07, 6.45) is 6.87. The third-order valence-electron chi connectivity index (χ3n) is 2.53. The Morgan fingerprint density at radius 2 is 1.93 bits per heavy atom. The van der Waals surface area contributed by atoms with E-state index >= 15 is 0 Å². The van der Waals surface area contributed by atoms with Crippen molar-refractivity contribution in [3.63, 3.8) is 0 Å². The Bertz CT molecular complexity index is 432. The molecule has 76 valence electrons. The van der Waals surface area contributed by atoms with Crippen molar-refractivity contribution in [3.8, 4) is 0 Å². The average molecular weight is 198 g/mol. The van der Waals surface area contributed by atoms with Crippen LogP contribution in [0, 0.1) is 0 Å². The molecule has 0 aromatic heterocycles. The van der Waals surface area contributed by atoms with Gasteiger partial charge in [0.05, 0.1) is 5.76 Å². The van der Waals surface area contributed by atoms with Crippen molar-refractivity contribution < 1.29 is 5.11 Å². The molecule has 0 aliphatic heterocycles. The smallest absolute Gasteiger partial charge is 0.0966 e. The molecule has 1 aromatic carbocycles. The molecule has 0 saturated heterocycles. The zero-order valence-corrected chi connectivity index (χ0v) is 8.77.